The van der Waals surface area contributed by atoms with Gasteiger partial charge in [0.2, 0.25) is 0 Å². The lowest BCUT2D eigenvalue weighted by Gasteiger charge is -2.18. The van der Waals surface area contributed by atoms with Gasteiger partial charge in [-0.2, -0.15) is 8.78 Å². The van der Waals surface area contributed by atoms with Gasteiger partial charge in [-0.15, -0.1) is 24.0 Å². The van der Waals surface area contributed by atoms with Crippen molar-refractivity contribution in [3.8, 4) is 5.75 Å². The molecule has 0 radical (unpaired) electrons. The summed E-state index contributed by atoms with van der Waals surface area (Å²) in [5, 5.41) is 3.36. The zero-order chi connectivity index (χ0) is 15.3. The Morgan fingerprint density at radius 1 is 1.38 bits per heavy atom. The first-order chi connectivity index (χ1) is 9.35. The number of nitrogens with one attached hydrogen (secondary N) is 1. The Labute approximate surface area is 149 Å². The number of guanidine groups is 1. The van der Waals surface area contributed by atoms with E-state index in [1.807, 2.05) is 0 Å². The van der Waals surface area contributed by atoms with Gasteiger partial charge in [-0.05, 0) is 12.1 Å². The van der Waals surface area contributed by atoms with E-state index in [0.29, 0.717) is 16.5 Å². The van der Waals surface area contributed by atoms with Gasteiger partial charge in [0.1, 0.15) is 5.75 Å². The first-order valence-electron chi connectivity index (χ1n) is 5.65. The molecule has 0 heterocycles. The van der Waals surface area contributed by atoms with Crippen LogP contribution in [0.1, 0.15) is 5.56 Å². The molecule has 1 rings (SSSR count). The standard InChI is InChI=1S/C12H15Cl2F2N3O.HI/c1-17-12(19(2)3)18-6-7-4-8(13)5-9(14)10(7)20-11(15)16;/h4-5,11H,6H2,1-3H3,(H,17,18);1H. The highest BCUT2D eigenvalue weighted by atomic mass is 127. The highest BCUT2D eigenvalue weighted by Gasteiger charge is 2.15. The molecule has 0 fully saturated rings. The average molecular weight is 454 g/mol. The first kappa shape index (κ1) is 20.5. The molecule has 0 saturated carbocycles. The third kappa shape index (κ3) is 6.39. The summed E-state index contributed by atoms with van der Waals surface area (Å²) in [6, 6.07) is 2.87. The second-order valence-corrected chi connectivity index (χ2v) is 4.89. The van der Waals surface area contributed by atoms with E-state index < -0.39 is 6.61 Å². The Bertz CT molecular complexity index is 502. The number of hydrogen-bond acceptors (Lipinski definition) is 2. The van der Waals surface area contributed by atoms with Crippen molar-refractivity contribution in [1.29, 1.82) is 0 Å². The van der Waals surface area contributed by atoms with Crippen molar-refractivity contribution >= 4 is 53.1 Å². The van der Waals surface area contributed by atoms with Crippen LogP contribution in [0.25, 0.3) is 0 Å². The fraction of sp³-hybridized carbons (Fsp3) is 0.417. The summed E-state index contributed by atoms with van der Waals surface area (Å²) < 4.78 is 29.3. The third-order valence-electron chi connectivity index (χ3n) is 2.36. The van der Waals surface area contributed by atoms with E-state index in [9.17, 15) is 8.78 Å². The van der Waals surface area contributed by atoms with Crippen LogP contribution in [0.2, 0.25) is 10.0 Å². The van der Waals surface area contributed by atoms with Crippen molar-refractivity contribution in [2.75, 3.05) is 21.1 Å². The van der Waals surface area contributed by atoms with Gasteiger partial charge in [-0.1, -0.05) is 23.2 Å². The van der Waals surface area contributed by atoms with Crippen molar-refractivity contribution in [2.45, 2.75) is 13.2 Å². The quantitative estimate of drug-likeness (QED) is 0.427. The van der Waals surface area contributed by atoms with Crippen molar-refractivity contribution in [3.63, 3.8) is 0 Å². The van der Waals surface area contributed by atoms with Crippen molar-refractivity contribution in [3.05, 3.63) is 27.7 Å². The summed E-state index contributed by atoms with van der Waals surface area (Å²) in [6.07, 6.45) is 0. The van der Waals surface area contributed by atoms with Gasteiger partial charge in [0.05, 0.1) is 5.02 Å². The minimum Gasteiger partial charge on any atom is -0.433 e. The molecule has 0 spiro atoms. The maximum atomic E-state index is 12.4. The molecule has 21 heavy (non-hydrogen) atoms. The Morgan fingerprint density at radius 3 is 2.48 bits per heavy atom. The summed E-state index contributed by atoms with van der Waals surface area (Å²) >= 11 is 11.8. The third-order valence-corrected chi connectivity index (χ3v) is 2.86. The van der Waals surface area contributed by atoms with Crippen molar-refractivity contribution < 1.29 is 13.5 Å². The number of rotatable bonds is 4. The van der Waals surface area contributed by atoms with Gasteiger partial charge in [-0.3, -0.25) is 4.99 Å². The molecule has 9 heteroatoms. The van der Waals surface area contributed by atoms with Crippen LogP contribution in [-0.4, -0.2) is 38.6 Å². The first-order valence-corrected chi connectivity index (χ1v) is 6.41. The SMILES string of the molecule is CN=C(NCc1cc(Cl)cc(Cl)c1OC(F)F)N(C)C.I. The predicted octanol–water partition coefficient (Wildman–Crippen LogP) is 3.85. The molecule has 0 aliphatic carbocycles. The van der Waals surface area contributed by atoms with Crippen molar-refractivity contribution in [1.82, 2.24) is 10.2 Å². The van der Waals surface area contributed by atoms with E-state index in [1.165, 1.54) is 12.1 Å². The summed E-state index contributed by atoms with van der Waals surface area (Å²) in [6.45, 7) is -2.76. The zero-order valence-corrected chi connectivity index (χ0v) is 15.5. The van der Waals surface area contributed by atoms with Gasteiger partial charge in [0, 0.05) is 38.3 Å². The lowest BCUT2D eigenvalue weighted by Crippen LogP contribution is -2.35. The zero-order valence-electron chi connectivity index (χ0n) is 11.7. The molecule has 4 nitrogen and oxygen atoms in total. The molecule has 1 aromatic carbocycles. The number of alkyl halides is 2. The lowest BCUT2D eigenvalue weighted by atomic mass is 10.2. The second kappa shape index (κ2) is 9.47. The van der Waals surface area contributed by atoms with Gasteiger partial charge in [0.25, 0.3) is 0 Å². The van der Waals surface area contributed by atoms with E-state index in [0.717, 1.165) is 0 Å². The number of nitrogens with zero attached hydrogens (tertiary/aromatic N) is 2. The van der Waals surface area contributed by atoms with Crippen LogP contribution < -0.4 is 10.1 Å². The fourth-order valence-corrected chi connectivity index (χ4v) is 2.16. The van der Waals surface area contributed by atoms with E-state index in [2.05, 4.69) is 15.0 Å². The van der Waals surface area contributed by atoms with E-state index in [4.69, 9.17) is 23.2 Å². The number of hydrogen-bond donors (Lipinski definition) is 1. The molecule has 1 aromatic rings. The van der Waals surface area contributed by atoms with E-state index in [-0.39, 0.29) is 41.3 Å². The van der Waals surface area contributed by atoms with Crippen LogP contribution in [0.15, 0.2) is 17.1 Å². The van der Waals surface area contributed by atoms with Gasteiger partial charge in [-0.25, -0.2) is 0 Å². The summed E-state index contributed by atoms with van der Waals surface area (Å²) in [4.78, 5) is 5.76. The van der Waals surface area contributed by atoms with Crippen LogP contribution >= 0.6 is 47.2 Å². The predicted molar refractivity (Wildman–Crippen MR) is 92.4 cm³/mol. The molecular weight excluding hydrogens is 438 g/mol. The molecule has 0 bridgehead atoms. The summed E-state index contributed by atoms with van der Waals surface area (Å²) in [5.74, 6) is 0.497. The number of ether oxygens (including phenoxy) is 1. The monoisotopic (exact) mass is 453 g/mol. The molecular formula is C12H16Cl2F2IN3O. The van der Waals surface area contributed by atoms with Crippen molar-refractivity contribution in [2.24, 2.45) is 4.99 Å². The van der Waals surface area contributed by atoms with Crippen LogP contribution in [0.5, 0.6) is 5.75 Å². The van der Waals surface area contributed by atoms with Crippen LogP contribution in [0, 0.1) is 0 Å². The minimum absolute atomic E-state index is 0. The highest BCUT2D eigenvalue weighted by Crippen LogP contribution is 2.33. The normalized spacial score (nSPS) is 11.1. The molecule has 0 unspecified atom stereocenters. The Kier molecular flexibility index (Phi) is 9.23. The number of aliphatic imine (C=N–C) groups is 1. The number of benzene rings is 1. The smallest absolute Gasteiger partial charge is 0.387 e. The lowest BCUT2D eigenvalue weighted by molar-refractivity contribution is -0.0504. The molecule has 0 aromatic heterocycles. The fourth-order valence-electron chi connectivity index (χ4n) is 1.58. The van der Waals surface area contributed by atoms with E-state index in [1.54, 1.807) is 26.0 Å². The topological polar surface area (TPSA) is 36.9 Å². The molecule has 0 amide bonds. The van der Waals surface area contributed by atoms with Crippen LogP contribution in [0.3, 0.4) is 0 Å². The summed E-state index contributed by atoms with van der Waals surface area (Å²) in [7, 11) is 5.22. The number of halogens is 5. The van der Waals surface area contributed by atoms with Crippen LogP contribution in [-0.2, 0) is 6.54 Å². The second-order valence-electron chi connectivity index (χ2n) is 4.05. The highest BCUT2D eigenvalue weighted by molar-refractivity contribution is 14.0. The summed E-state index contributed by atoms with van der Waals surface area (Å²) in [5.41, 5.74) is 0.422. The van der Waals surface area contributed by atoms with Gasteiger partial charge in [0.15, 0.2) is 5.96 Å². The molecule has 0 saturated heterocycles. The Balaban J connectivity index is 0.00000400. The average Bonchev–Trinajstić information content (AvgIpc) is 2.33. The van der Waals surface area contributed by atoms with E-state index >= 15 is 0 Å². The van der Waals surface area contributed by atoms with Gasteiger partial charge >= 0.3 is 6.61 Å². The van der Waals surface area contributed by atoms with Crippen LogP contribution in [0.4, 0.5) is 8.78 Å². The Hall–Kier alpha value is -0.540. The largest absolute Gasteiger partial charge is 0.433 e. The Morgan fingerprint density at radius 2 is 2.00 bits per heavy atom. The molecule has 0 aliphatic rings. The van der Waals surface area contributed by atoms with Gasteiger partial charge < -0.3 is 15.0 Å². The maximum Gasteiger partial charge on any atom is 0.387 e. The molecule has 120 valence electrons. The minimum atomic E-state index is -2.96. The molecule has 0 aliphatic heterocycles. The molecule has 0 atom stereocenters. The maximum absolute atomic E-state index is 12.4. The molecule has 1 N–H and O–H groups in total.